The van der Waals surface area contributed by atoms with E-state index in [4.69, 9.17) is 9.15 Å². The van der Waals surface area contributed by atoms with Gasteiger partial charge in [-0.3, -0.25) is 0 Å². The van der Waals surface area contributed by atoms with E-state index in [1.165, 1.54) is 24.7 Å². The second-order valence-electron chi connectivity index (χ2n) is 3.28. The maximum Gasteiger partial charge on any atom is 0.416 e. The molecule has 0 aliphatic heterocycles. The molecule has 0 saturated carbocycles. The van der Waals surface area contributed by atoms with Crippen molar-refractivity contribution in [2.45, 2.75) is 12.8 Å². The van der Waals surface area contributed by atoms with Gasteiger partial charge in [0.2, 0.25) is 0 Å². The molecule has 0 unspecified atom stereocenters. The summed E-state index contributed by atoms with van der Waals surface area (Å²) in [5.74, 6) is 0.582. The highest BCUT2D eigenvalue weighted by atomic mass is 19.4. The van der Waals surface area contributed by atoms with Gasteiger partial charge in [-0.15, -0.1) is 0 Å². The number of benzene rings is 1. The lowest BCUT2D eigenvalue weighted by atomic mass is 10.2. The zero-order chi connectivity index (χ0) is 12.3. The maximum atomic E-state index is 12.4. The quantitative estimate of drug-likeness (QED) is 0.829. The highest BCUT2D eigenvalue weighted by Gasteiger charge is 2.30. The number of nitrogens with zero attached hydrogens (tertiary/aromatic N) is 1. The fraction of sp³-hybridized carbons (Fsp3) is 0.182. The van der Waals surface area contributed by atoms with Crippen molar-refractivity contribution in [3.05, 3.63) is 48.2 Å². The van der Waals surface area contributed by atoms with Gasteiger partial charge < -0.3 is 9.15 Å². The smallest absolute Gasteiger partial charge is 0.416 e. The van der Waals surface area contributed by atoms with E-state index in [0.29, 0.717) is 5.76 Å². The highest BCUT2D eigenvalue weighted by Crippen LogP contribution is 2.31. The Morgan fingerprint density at radius 3 is 2.76 bits per heavy atom. The fourth-order valence-corrected chi connectivity index (χ4v) is 1.23. The van der Waals surface area contributed by atoms with E-state index in [1.54, 1.807) is 0 Å². The molecule has 0 amide bonds. The van der Waals surface area contributed by atoms with Crippen LogP contribution in [0.3, 0.4) is 0 Å². The van der Waals surface area contributed by atoms with Crippen LogP contribution in [-0.4, -0.2) is 4.98 Å². The topological polar surface area (TPSA) is 35.3 Å². The molecule has 0 saturated heterocycles. The predicted molar refractivity (Wildman–Crippen MR) is 52.3 cm³/mol. The Morgan fingerprint density at radius 2 is 2.12 bits per heavy atom. The number of ether oxygens (including phenoxy) is 1. The zero-order valence-corrected chi connectivity index (χ0v) is 8.57. The van der Waals surface area contributed by atoms with Crippen molar-refractivity contribution in [1.29, 1.82) is 0 Å². The third kappa shape index (κ3) is 2.99. The van der Waals surface area contributed by atoms with Gasteiger partial charge in [0.15, 0.2) is 12.2 Å². The number of oxazole rings is 1. The van der Waals surface area contributed by atoms with Crippen LogP contribution >= 0.6 is 0 Å². The zero-order valence-electron chi connectivity index (χ0n) is 8.57. The van der Waals surface area contributed by atoms with Crippen molar-refractivity contribution in [2.75, 3.05) is 0 Å². The third-order valence-electron chi connectivity index (χ3n) is 2.03. The van der Waals surface area contributed by atoms with Crippen LogP contribution in [0.1, 0.15) is 11.3 Å². The molecule has 1 heterocycles. The summed E-state index contributed by atoms with van der Waals surface area (Å²) in [7, 11) is 0. The first-order valence-electron chi connectivity index (χ1n) is 4.73. The molecule has 0 fully saturated rings. The second-order valence-corrected chi connectivity index (χ2v) is 3.28. The van der Waals surface area contributed by atoms with Gasteiger partial charge in [0.1, 0.15) is 12.4 Å². The van der Waals surface area contributed by atoms with E-state index < -0.39 is 11.7 Å². The summed E-state index contributed by atoms with van der Waals surface area (Å²) in [4.78, 5) is 3.66. The van der Waals surface area contributed by atoms with Crippen LogP contribution in [0.25, 0.3) is 0 Å². The molecule has 1 aromatic heterocycles. The van der Waals surface area contributed by atoms with Crippen molar-refractivity contribution in [3.8, 4) is 5.75 Å². The van der Waals surface area contributed by atoms with Crippen LogP contribution in [-0.2, 0) is 12.8 Å². The Hall–Kier alpha value is -1.98. The van der Waals surface area contributed by atoms with Gasteiger partial charge >= 0.3 is 6.18 Å². The minimum atomic E-state index is -4.37. The summed E-state index contributed by atoms with van der Waals surface area (Å²) in [5.41, 5.74) is -0.743. The van der Waals surface area contributed by atoms with Crippen molar-refractivity contribution in [3.63, 3.8) is 0 Å². The lowest BCUT2D eigenvalue weighted by Gasteiger charge is -2.09. The fourth-order valence-electron chi connectivity index (χ4n) is 1.23. The average molecular weight is 243 g/mol. The van der Waals surface area contributed by atoms with Crippen molar-refractivity contribution >= 4 is 0 Å². The van der Waals surface area contributed by atoms with Gasteiger partial charge in [-0.1, -0.05) is 6.07 Å². The van der Waals surface area contributed by atoms with Crippen LogP contribution in [0.15, 0.2) is 41.3 Å². The molecule has 2 rings (SSSR count). The molecule has 1 aromatic carbocycles. The van der Waals surface area contributed by atoms with Crippen LogP contribution in [0.2, 0.25) is 0 Å². The average Bonchev–Trinajstić information content (AvgIpc) is 2.78. The van der Waals surface area contributed by atoms with Gasteiger partial charge in [0, 0.05) is 0 Å². The summed E-state index contributed by atoms with van der Waals surface area (Å²) in [6.07, 6.45) is -1.70. The summed E-state index contributed by atoms with van der Waals surface area (Å²) in [6, 6.07) is 4.67. The first kappa shape index (κ1) is 11.5. The Labute approximate surface area is 94.8 Å². The van der Waals surface area contributed by atoms with E-state index in [9.17, 15) is 13.2 Å². The third-order valence-corrected chi connectivity index (χ3v) is 2.03. The second kappa shape index (κ2) is 4.48. The molecule has 0 atom stereocenters. The van der Waals surface area contributed by atoms with E-state index in [2.05, 4.69) is 4.98 Å². The molecule has 2 aromatic rings. The minimum Gasteiger partial charge on any atom is -0.486 e. The number of hydrogen-bond donors (Lipinski definition) is 0. The number of hydrogen-bond acceptors (Lipinski definition) is 3. The molecular formula is C11H8F3NO2. The number of alkyl halides is 3. The van der Waals surface area contributed by atoms with Crippen LogP contribution in [0.5, 0.6) is 5.75 Å². The van der Waals surface area contributed by atoms with Gasteiger partial charge in [0.25, 0.3) is 0 Å². The van der Waals surface area contributed by atoms with E-state index in [1.807, 2.05) is 0 Å². The van der Waals surface area contributed by atoms with Crippen LogP contribution < -0.4 is 4.74 Å². The molecule has 0 radical (unpaired) electrons. The standard InChI is InChI=1S/C11H8F3NO2/c12-11(13,14)8-2-1-3-9(4-8)16-6-10-5-15-7-17-10/h1-5,7H,6H2. The molecular weight excluding hydrogens is 235 g/mol. The first-order chi connectivity index (χ1) is 8.05. The Morgan fingerprint density at radius 1 is 1.29 bits per heavy atom. The Balaban J connectivity index is 2.07. The summed E-state index contributed by atoms with van der Waals surface area (Å²) >= 11 is 0. The summed E-state index contributed by atoms with van der Waals surface area (Å²) < 4.78 is 47.2. The molecule has 0 aliphatic carbocycles. The number of rotatable bonds is 3. The molecule has 0 bridgehead atoms. The van der Waals surface area contributed by atoms with E-state index >= 15 is 0 Å². The SMILES string of the molecule is FC(F)(F)c1cccc(OCc2cnco2)c1. The van der Waals surface area contributed by atoms with E-state index in [0.717, 1.165) is 12.1 Å². The monoisotopic (exact) mass is 243 g/mol. The first-order valence-corrected chi connectivity index (χ1v) is 4.73. The maximum absolute atomic E-state index is 12.4. The molecule has 0 aliphatic rings. The Bertz CT molecular complexity index is 480. The molecule has 3 nitrogen and oxygen atoms in total. The molecule has 6 heteroatoms. The predicted octanol–water partition coefficient (Wildman–Crippen LogP) is 3.27. The summed E-state index contributed by atoms with van der Waals surface area (Å²) in [6.45, 7) is 0.0430. The van der Waals surface area contributed by atoms with Gasteiger partial charge in [-0.05, 0) is 18.2 Å². The lowest BCUT2D eigenvalue weighted by molar-refractivity contribution is -0.137. The van der Waals surface area contributed by atoms with Crippen molar-refractivity contribution in [2.24, 2.45) is 0 Å². The van der Waals surface area contributed by atoms with Crippen LogP contribution in [0, 0.1) is 0 Å². The van der Waals surface area contributed by atoms with Crippen LogP contribution in [0.4, 0.5) is 13.2 Å². The van der Waals surface area contributed by atoms with E-state index in [-0.39, 0.29) is 12.4 Å². The molecule has 17 heavy (non-hydrogen) atoms. The number of halogens is 3. The van der Waals surface area contributed by atoms with Gasteiger partial charge in [-0.2, -0.15) is 13.2 Å². The van der Waals surface area contributed by atoms with Crippen molar-refractivity contribution in [1.82, 2.24) is 4.98 Å². The van der Waals surface area contributed by atoms with Crippen molar-refractivity contribution < 1.29 is 22.3 Å². The number of aromatic nitrogens is 1. The molecule has 90 valence electrons. The highest BCUT2D eigenvalue weighted by molar-refractivity contribution is 5.30. The van der Waals surface area contributed by atoms with Gasteiger partial charge in [0.05, 0.1) is 11.8 Å². The summed E-state index contributed by atoms with van der Waals surface area (Å²) in [5, 5.41) is 0. The largest absolute Gasteiger partial charge is 0.486 e. The Kier molecular flexibility index (Phi) is 3.03. The molecule has 0 spiro atoms. The molecule has 0 N–H and O–H groups in total. The lowest BCUT2D eigenvalue weighted by Crippen LogP contribution is -2.05. The van der Waals surface area contributed by atoms with Gasteiger partial charge in [-0.25, -0.2) is 4.98 Å². The minimum absolute atomic E-state index is 0.0430. The normalized spacial score (nSPS) is 11.5.